The molecule has 1 aromatic rings. The average molecular weight is 226 g/mol. The molecule has 2 atom stereocenters. The van der Waals surface area contributed by atoms with Gasteiger partial charge in [0, 0.05) is 23.8 Å². The highest BCUT2D eigenvalue weighted by atomic mass is 35.5. The molecule has 0 amide bonds. The van der Waals surface area contributed by atoms with Gasteiger partial charge in [-0.25, -0.2) is 0 Å². The minimum atomic E-state index is -0.152. The number of anilines is 1. The zero-order valence-corrected chi connectivity index (χ0v) is 9.61. The molecule has 0 aliphatic carbocycles. The summed E-state index contributed by atoms with van der Waals surface area (Å²) >= 11 is 5.95. The van der Waals surface area contributed by atoms with Gasteiger partial charge in [-0.15, -0.1) is 0 Å². The van der Waals surface area contributed by atoms with Gasteiger partial charge in [0.2, 0.25) is 0 Å². The van der Waals surface area contributed by atoms with E-state index >= 15 is 0 Å². The van der Waals surface area contributed by atoms with Crippen molar-refractivity contribution in [2.24, 2.45) is 5.92 Å². The quantitative estimate of drug-likeness (QED) is 0.794. The van der Waals surface area contributed by atoms with Gasteiger partial charge in [-0.05, 0) is 30.5 Å². The Hall–Kier alpha value is -0.730. The standard InChI is InChI=1S/C12H16ClNO/c1-9-8-14(6-5-12(9)15)11-4-2-3-10(13)7-11/h2-4,7,9,12,15H,5-6,8H2,1H3. The van der Waals surface area contributed by atoms with Gasteiger partial charge < -0.3 is 10.0 Å². The van der Waals surface area contributed by atoms with Crippen LogP contribution in [0.5, 0.6) is 0 Å². The third-order valence-electron chi connectivity index (χ3n) is 3.03. The molecule has 2 nitrogen and oxygen atoms in total. The Balaban J connectivity index is 2.12. The van der Waals surface area contributed by atoms with E-state index in [4.69, 9.17) is 11.6 Å². The van der Waals surface area contributed by atoms with Crippen LogP contribution in [-0.4, -0.2) is 24.3 Å². The highest BCUT2D eigenvalue weighted by molar-refractivity contribution is 6.30. The predicted molar refractivity (Wildman–Crippen MR) is 63.5 cm³/mol. The molecule has 0 bridgehead atoms. The summed E-state index contributed by atoms with van der Waals surface area (Å²) in [5.74, 6) is 0.331. The molecule has 1 heterocycles. The fourth-order valence-electron chi connectivity index (χ4n) is 2.04. The van der Waals surface area contributed by atoms with E-state index in [-0.39, 0.29) is 6.10 Å². The fourth-order valence-corrected chi connectivity index (χ4v) is 2.23. The normalized spacial score (nSPS) is 26.7. The first-order valence-corrected chi connectivity index (χ1v) is 5.73. The van der Waals surface area contributed by atoms with Gasteiger partial charge in [0.15, 0.2) is 0 Å². The molecule has 2 rings (SSSR count). The first kappa shape index (κ1) is 10.8. The summed E-state index contributed by atoms with van der Waals surface area (Å²) in [6, 6.07) is 7.89. The van der Waals surface area contributed by atoms with Gasteiger partial charge in [0.05, 0.1) is 6.10 Å². The van der Waals surface area contributed by atoms with E-state index in [9.17, 15) is 5.11 Å². The van der Waals surface area contributed by atoms with Crippen LogP contribution in [-0.2, 0) is 0 Å². The number of hydrogen-bond acceptors (Lipinski definition) is 2. The molecule has 1 aliphatic heterocycles. The zero-order chi connectivity index (χ0) is 10.8. The van der Waals surface area contributed by atoms with Crippen LogP contribution in [0, 0.1) is 5.92 Å². The van der Waals surface area contributed by atoms with Crippen LogP contribution in [0.1, 0.15) is 13.3 Å². The highest BCUT2D eigenvalue weighted by Crippen LogP contribution is 2.25. The highest BCUT2D eigenvalue weighted by Gasteiger charge is 2.24. The molecule has 2 unspecified atom stereocenters. The lowest BCUT2D eigenvalue weighted by atomic mass is 9.96. The Morgan fingerprint density at radius 1 is 1.47 bits per heavy atom. The molecule has 3 heteroatoms. The van der Waals surface area contributed by atoms with Crippen molar-refractivity contribution in [3.8, 4) is 0 Å². The Morgan fingerprint density at radius 3 is 2.93 bits per heavy atom. The van der Waals surface area contributed by atoms with Gasteiger partial charge in [-0.1, -0.05) is 24.6 Å². The van der Waals surface area contributed by atoms with Crippen molar-refractivity contribution < 1.29 is 5.11 Å². The summed E-state index contributed by atoms with van der Waals surface area (Å²) in [5.41, 5.74) is 1.15. The molecule has 1 aromatic carbocycles. The summed E-state index contributed by atoms with van der Waals surface area (Å²) in [4.78, 5) is 2.28. The molecule has 0 aromatic heterocycles. The van der Waals surface area contributed by atoms with E-state index in [0.29, 0.717) is 5.92 Å². The van der Waals surface area contributed by atoms with Crippen LogP contribution in [0.2, 0.25) is 5.02 Å². The predicted octanol–water partition coefficient (Wildman–Crippen LogP) is 2.55. The Morgan fingerprint density at radius 2 is 2.27 bits per heavy atom. The SMILES string of the molecule is CC1CN(c2cccc(Cl)c2)CCC1O. The van der Waals surface area contributed by atoms with E-state index < -0.39 is 0 Å². The third kappa shape index (κ3) is 2.44. The van der Waals surface area contributed by atoms with E-state index in [1.807, 2.05) is 18.2 Å². The van der Waals surface area contributed by atoms with Gasteiger partial charge in [0.25, 0.3) is 0 Å². The molecule has 15 heavy (non-hydrogen) atoms. The molecule has 1 aliphatic rings. The first-order valence-electron chi connectivity index (χ1n) is 5.35. The number of halogens is 1. The number of nitrogens with zero attached hydrogens (tertiary/aromatic N) is 1. The molecular weight excluding hydrogens is 210 g/mol. The maximum absolute atomic E-state index is 9.64. The summed E-state index contributed by atoms with van der Waals surface area (Å²) in [6.45, 7) is 3.90. The van der Waals surface area contributed by atoms with Crippen molar-refractivity contribution in [1.29, 1.82) is 0 Å². The summed E-state index contributed by atoms with van der Waals surface area (Å²) in [6.07, 6.45) is 0.689. The van der Waals surface area contributed by atoms with E-state index in [0.717, 1.165) is 30.2 Å². The topological polar surface area (TPSA) is 23.5 Å². The van der Waals surface area contributed by atoms with Crippen molar-refractivity contribution in [1.82, 2.24) is 0 Å². The molecule has 0 radical (unpaired) electrons. The second-order valence-electron chi connectivity index (χ2n) is 4.26. The Kier molecular flexibility index (Phi) is 3.17. The van der Waals surface area contributed by atoms with Crippen LogP contribution in [0.3, 0.4) is 0 Å². The number of aliphatic hydroxyl groups excluding tert-OH is 1. The van der Waals surface area contributed by atoms with Crippen molar-refractivity contribution >= 4 is 17.3 Å². The van der Waals surface area contributed by atoms with Crippen molar-refractivity contribution in [3.63, 3.8) is 0 Å². The third-order valence-corrected chi connectivity index (χ3v) is 3.27. The van der Waals surface area contributed by atoms with E-state index in [2.05, 4.69) is 17.9 Å². The summed E-state index contributed by atoms with van der Waals surface area (Å²) < 4.78 is 0. The van der Waals surface area contributed by atoms with Gasteiger partial charge >= 0.3 is 0 Å². The van der Waals surface area contributed by atoms with Crippen molar-refractivity contribution in [2.75, 3.05) is 18.0 Å². The van der Waals surface area contributed by atoms with Gasteiger partial charge in [-0.3, -0.25) is 0 Å². The number of rotatable bonds is 1. The number of benzene rings is 1. The maximum atomic E-state index is 9.64. The van der Waals surface area contributed by atoms with Gasteiger partial charge in [0.1, 0.15) is 0 Å². The zero-order valence-electron chi connectivity index (χ0n) is 8.86. The van der Waals surface area contributed by atoms with Gasteiger partial charge in [-0.2, -0.15) is 0 Å². The van der Waals surface area contributed by atoms with Crippen molar-refractivity contribution in [3.05, 3.63) is 29.3 Å². The van der Waals surface area contributed by atoms with E-state index in [1.54, 1.807) is 0 Å². The first-order chi connectivity index (χ1) is 7.16. The Bertz CT molecular complexity index is 342. The summed E-state index contributed by atoms with van der Waals surface area (Å²) in [7, 11) is 0. The Labute approximate surface area is 95.5 Å². The van der Waals surface area contributed by atoms with Crippen LogP contribution in [0.15, 0.2) is 24.3 Å². The monoisotopic (exact) mass is 225 g/mol. The lowest BCUT2D eigenvalue weighted by molar-refractivity contribution is 0.0971. The molecule has 0 spiro atoms. The largest absolute Gasteiger partial charge is 0.393 e. The lowest BCUT2D eigenvalue weighted by Crippen LogP contribution is -2.41. The van der Waals surface area contributed by atoms with Crippen molar-refractivity contribution in [2.45, 2.75) is 19.4 Å². The fraction of sp³-hybridized carbons (Fsp3) is 0.500. The second-order valence-corrected chi connectivity index (χ2v) is 4.70. The maximum Gasteiger partial charge on any atom is 0.0599 e. The van der Waals surface area contributed by atoms with Crippen LogP contribution in [0.4, 0.5) is 5.69 Å². The number of piperidine rings is 1. The average Bonchev–Trinajstić information content (AvgIpc) is 2.22. The molecule has 1 saturated heterocycles. The molecular formula is C12H16ClNO. The van der Waals surface area contributed by atoms with Crippen LogP contribution >= 0.6 is 11.6 Å². The lowest BCUT2D eigenvalue weighted by Gasteiger charge is -2.36. The van der Waals surface area contributed by atoms with Crippen LogP contribution in [0.25, 0.3) is 0 Å². The second kappa shape index (κ2) is 4.42. The molecule has 1 N–H and O–H groups in total. The molecule has 0 saturated carbocycles. The number of aliphatic hydroxyl groups is 1. The van der Waals surface area contributed by atoms with Crippen LogP contribution < -0.4 is 4.90 Å². The van der Waals surface area contributed by atoms with E-state index in [1.165, 1.54) is 0 Å². The minimum absolute atomic E-state index is 0.152. The molecule has 82 valence electrons. The minimum Gasteiger partial charge on any atom is -0.393 e. The smallest absolute Gasteiger partial charge is 0.0599 e. The molecule has 1 fully saturated rings. The number of hydrogen-bond donors (Lipinski definition) is 1. The summed E-state index contributed by atoms with van der Waals surface area (Å²) in [5, 5.41) is 10.4.